The normalized spacial score (nSPS) is 25.4. The Balaban J connectivity index is 1.33. The van der Waals surface area contributed by atoms with E-state index in [0.717, 1.165) is 9.91 Å². The Morgan fingerprint density at radius 1 is 0.946 bits per heavy atom. The van der Waals surface area contributed by atoms with Gasteiger partial charge >= 0.3 is 0 Å². The molecule has 0 bridgehead atoms. The molecular weight excluding hydrogens is 763 g/mol. The average Bonchev–Trinajstić information content (AvgIpc) is 3.57. The van der Waals surface area contributed by atoms with Crippen molar-refractivity contribution >= 4 is 63.9 Å². The van der Waals surface area contributed by atoms with E-state index in [-0.39, 0.29) is 53.0 Å². The van der Waals surface area contributed by atoms with Crippen molar-refractivity contribution < 1.29 is 38.7 Å². The summed E-state index contributed by atoms with van der Waals surface area (Å²) >= 11 is 12.7. The van der Waals surface area contributed by atoms with Crippen LogP contribution in [0.25, 0.3) is 0 Å². The number of methoxy groups -OCH3 is 1. The summed E-state index contributed by atoms with van der Waals surface area (Å²) in [4.78, 5) is 70.9. The monoisotopic (exact) mass is 796 g/mol. The second kappa shape index (κ2) is 14.0. The van der Waals surface area contributed by atoms with E-state index < -0.39 is 63.6 Å². The van der Waals surface area contributed by atoms with Crippen LogP contribution in [0.1, 0.15) is 36.8 Å². The molecule has 4 aliphatic rings. The van der Waals surface area contributed by atoms with Gasteiger partial charge in [-0.05, 0) is 79.8 Å². The van der Waals surface area contributed by atoms with E-state index >= 15 is 4.79 Å². The van der Waals surface area contributed by atoms with Crippen molar-refractivity contribution in [3.05, 3.63) is 128 Å². The van der Waals surface area contributed by atoms with E-state index in [4.69, 9.17) is 32.7 Å². The van der Waals surface area contributed by atoms with Gasteiger partial charge in [0.05, 0.1) is 58.2 Å². The summed E-state index contributed by atoms with van der Waals surface area (Å²) in [6, 6.07) is 21.6. The minimum Gasteiger partial charge on any atom is -0.504 e. The third-order valence-corrected chi connectivity index (χ3v) is 12.1. The van der Waals surface area contributed by atoms with Gasteiger partial charge in [-0.1, -0.05) is 59.1 Å². The highest BCUT2D eigenvalue weighted by Crippen LogP contribution is 2.65. The van der Waals surface area contributed by atoms with Gasteiger partial charge in [-0.2, -0.15) is 5.01 Å². The summed E-state index contributed by atoms with van der Waals surface area (Å²) < 4.78 is 11.3. The van der Waals surface area contributed by atoms with E-state index in [1.54, 1.807) is 61.5 Å². The lowest BCUT2D eigenvalue weighted by atomic mass is 9.49. The number of anilines is 2. The molecule has 2 aliphatic heterocycles. The first-order valence-corrected chi connectivity index (χ1v) is 18.7. The largest absolute Gasteiger partial charge is 0.504 e. The number of nitro groups is 1. The molecule has 0 spiro atoms. The van der Waals surface area contributed by atoms with Crippen molar-refractivity contribution in [3.63, 3.8) is 0 Å². The number of nitro benzene ring substituents is 1. The number of aromatic hydroxyl groups is 1. The molecule has 2 heterocycles. The Morgan fingerprint density at radius 2 is 1.68 bits per heavy atom. The third-order valence-electron chi connectivity index (χ3n) is 11.5. The fourth-order valence-electron chi connectivity index (χ4n) is 9.21. The summed E-state index contributed by atoms with van der Waals surface area (Å²) in [5.74, 6) is -6.43. The quantitative estimate of drug-likeness (QED) is 0.0765. The predicted octanol–water partition coefficient (Wildman–Crippen LogP) is 7.20. The van der Waals surface area contributed by atoms with E-state index in [2.05, 4.69) is 5.43 Å². The highest BCUT2D eigenvalue weighted by molar-refractivity contribution is 6.36. The molecule has 0 aromatic heterocycles. The lowest BCUT2D eigenvalue weighted by Gasteiger charge is -2.50. The lowest BCUT2D eigenvalue weighted by molar-refractivity contribution is -0.384. The topological polar surface area (TPSA) is 169 Å². The van der Waals surface area contributed by atoms with Gasteiger partial charge in [0.25, 0.3) is 17.5 Å². The van der Waals surface area contributed by atoms with E-state index in [1.807, 2.05) is 6.08 Å². The number of imide groups is 2. The van der Waals surface area contributed by atoms with E-state index in [0.29, 0.717) is 27.5 Å². The number of rotatable bonds is 9. The Bertz CT molecular complexity index is 2350. The SMILES string of the molecule is CCOc1cccc(C2C3=CCC4C(=O)N(c5ccc([N+](=O)[O-])cc5)C(=O)C4C3CC3C(=O)N(Nc4ccc(Cl)cc4Cl)C(=O)C32c2ccc(OC)cc2)c1O. The van der Waals surface area contributed by atoms with Crippen molar-refractivity contribution in [3.8, 4) is 17.2 Å². The first kappa shape index (κ1) is 37.0. The number of halogens is 2. The van der Waals surface area contributed by atoms with Gasteiger partial charge < -0.3 is 14.6 Å². The molecule has 4 amide bonds. The second-order valence-electron chi connectivity index (χ2n) is 14.1. The van der Waals surface area contributed by atoms with Crippen LogP contribution in [0, 0.1) is 33.8 Å². The number of para-hydroxylation sites is 1. The molecule has 286 valence electrons. The van der Waals surface area contributed by atoms with Crippen LogP contribution in [-0.2, 0) is 24.6 Å². The minimum absolute atomic E-state index is 0.00827. The molecular formula is C41H34Cl2N4O9. The zero-order chi connectivity index (χ0) is 39.6. The Morgan fingerprint density at radius 3 is 2.34 bits per heavy atom. The fourth-order valence-corrected chi connectivity index (χ4v) is 9.66. The number of hydrogen-bond donors (Lipinski definition) is 2. The molecule has 56 heavy (non-hydrogen) atoms. The predicted molar refractivity (Wildman–Crippen MR) is 205 cm³/mol. The van der Waals surface area contributed by atoms with Crippen LogP contribution in [0.4, 0.5) is 17.1 Å². The summed E-state index contributed by atoms with van der Waals surface area (Å²) in [6.07, 6.45) is 1.98. The van der Waals surface area contributed by atoms with Gasteiger partial charge in [0.15, 0.2) is 11.5 Å². The summed E-state index contributed by atoms with van der Waals surface area (Å²) in [5.41, 5.74) is 2.85. The van der Waals surface area contributed by atoms with Gasteiger partial charge in [0.2, 0.25) is 11.8 Å². The number of hydrogen-bond acceptors (Lipinski definition) is 10. The van der Waals surface area contributed by atoms with Crippen molar-refractivity contribution in [1.82, 2.24) is 5.01 Å². The van der Waals surface area contributed by atoms with Gasteiger partial charge in [-0.3, -0.25) is 39.6 Å². The van der Waals surface area contributed by atoms with Crippen LogP contribution in [0.15, 0.2) is 96.6 Å². The van der Waals surface area contributed by atoms with Crippen molar-refractivity contribution in [2.24, 2.45) is 23.7 Å². The number of carbonyl (C=O) groups is 4. The molecule has 1 saturated carbocycles. The lowest BCUT2D eigenvalue weighted by Crippen LogP contribution is -2.53. The van der Waals surface area contributed by atoms with Crippen LogP contribution < -0.4 is 19.8 Å². The molecule has 4 aromatic carbocycles. The van der Waals surface area contributed by atoms with Gasteiger partial charge in [0.1, 0.15) is 5.75 Å². The average molecular weight is 798 g/mol. The zero-order valence-electron chi connectivity index (χ0n) is 30.0. The molecule has 2 N–H and O–H groups in total. The number of carbonyl (C=O) groups excluding carboxylic acids is 4. The molecule has 4 aromatic rings. The molecule has 2 aliphatic carbocycles. The van der Waals surface area contributed by atoms with Gasteiger partial charge in [-0.15, -0.1) is 0 Å². The molecule has 0 radical (unpaired) electrons. The molecule has 8 rings (SSSR count). The minimum atomic E-state index is -1.70. The van der Waals surface area contributed by atoms with Crippen molar-refractivity contribution in [2.75, 3.05) is 24.0 Å². The highest BCUT2D eigenvalue weighted by Gasteiger charge is 2.70. The van der Waals surface area contributed by atoms with Gasteiger partial charge in [0, 0.05) is 28.6 Å². The maximum absolute atomic E-state index is 15.5. The molecule has 13 nitrogen and oxygen atoms in total. The maximum Gasteiger partial charge on any atom is 0.269 e. The van der Waals surface area contributed by atoms with Crippen LogP contribution in [0.5, 0.6) is 17.2 Å². The Labute approximate surface area is 330 Å². The van der Waals surface area contributed by atoms with Crippen molar-refractivity contribution in [1.29, 1.82) is 0 Å². The van der Waals surface area contributed by atoms with Crippen LogP contribution in [0.3, 0.4) is 0 Å². The van der Waals surface area contributed by atoms with E-state index in [1.165, 1.54) is 37.4 Å². The Kier molecular flexibility index (Phi) is 9.24. The smallest absolute Gasteiger partial charge is 0.269 e. The fraction of sp³-hybridized carbons (Fsp3) is 0.268. The number of ether oxygens (including phenoxy) is 2. The number of hydrazine groups is 1. The zero-order valence-corrected chi connectivity index (χ0v) is 31.5. The maximum atomic E-state index is 15.5. The number of non-ortho nitro benzene ring substituents is 1. The second-order valence-corrected chi connectivity index (χ2v) is 15.0. The van der Waals surface area contributed by atoms with Crippen molar-refractivity contribution in [2.45, 2.75) is 31.1 Å². The number of allylic oxidation sites excluding steroid dienone is 2. The number of phenolic OH excluding ortho intramolecular Hbond substituents is 1. The number of amides is 4. The van der Waals surface area contributed by atoms with E-state index in [9.17, 15) is 29.6 Å². The summed E-state index contributed by atoms with van der Waals surface area (Å²) in [6.45, 7) is 2.00. The van der Waals surface area contributed by atoms with Crippen LogP contribution in [-0.4, -0.2) is 52.4 Å². The molecule has 3 fully saturated rings. The van der Waals surface area contributed by atoms with Gasteiger partial charge in [-0.25, -0.2) is 0 Å². The molecule has 6 unspecified atom stereocenters. The Hall–Kier alpha value is -5.92. The number of nitrogens with zero attached hydrogens (tertiary/aromatic N) is 3. The molecule has 15 heteroatoms. The molecule has 2 saturated heterocycles. The summed E-state index contributed by atoms with van der Waals surface area (Å²) in [5, 5.41) is 24.8. The standard InChI is InChI=1S/C41H34Cl2N4O9/c1-3-56-33-6-4-5-28(36(33)48)35-26-16-17-27-34(39(51)45(37(27)49)23-10-12-24(13-11-23)47(53)54)29(26)20-30-38(50)46(44-32-18-9-22(42)19-31(32)43)40(52)41(30,35)21-7-14-25(55-2)15-8-21/h4-16,18-19,27,29-30,34-35,44,48H,3,17,20H2,1-2H3. The van der Waals surface area contributed by atoms with Crippen LogP contribution >= 0.6 is 23.2 Å². The number of phenols is 1. The third kappa shape index (κ3) is 5.51. The van der Waals surface area contributed by atoms with Crippen LogP contribution in [0.2, 0.25) is 10.0 Å². The summed E-state index contributed by atoms with van der Waals surface area (Å²) in [7, 11) is 1.51. The molecule has 6 atom stereocenters. The first-order valence-electron chi connectivity index (χ1n) is 17.9. The number of fused-ring (bicyclic) bond motifs is 4. The number of nitrogens with one attached hydrogen (secondary N) is 1. The highest BCUT2D eigenvalue weighted by atomic mass is 35.5. The number of benzene rings is 4. The first-order chi connectivity index (χ1) is 26.9.